The minimum absolute atomic E-state index is 0.129. The number of hydrazone groups is 1. The third-order valence-corrected chi connectivity index (χ3v) is 7.93. The maximum Gasteiger partial charge on any atom is 0.337 e. The van der Waals surface area contributed by atoms with Crippen molar-refractivity contribution in [3.63, 3.8) is 0 Å². The topological polar surface area (TPSA) is 140 Å². The number of benzene rings is 3. The van der Waals surface area contributed by atoms with Crippen molar-refractivity contribution in [2.45, 2.75) is 32.7 Å². The maximum atomic E-state index is 12.4. The Hall–Kier alpha value is -3.57. The summed E-state index contributed by atoms with van der Waals surface area (Å²) in [5.41, 5.74) is 5.84. The van der Waals surface area contributed by atoms with Crippen molar-refractivity contribution in [1.29, 1.82) is 0 Å². The van der Waals surface area contributed by atoms with Crippen molar-refractivity contribution in [3.05, 3.63) is 95.8 Å². The largest absolute Gasteiger partial charge is 0.490 e. The molecule has 1 heterocycles. The number of nitrogens with one attached hydrogen (secondary N) is 3. The number of urea groups is 1. The molecule has 3 aromatic carbocycles. The highest BCUT2D eigenvalue weighted by molar-refractivity contribution is 14.1. The molecule has 4 N–H and O–H groups in total. The Bertz CT molecular complexity index is 1550. The van der Waals surface area contributed by atoms with Crippen LogP contribution >= 0.6 is 45.2 Å². The van der Waals surface area contributed by atoms with Gasteiger partial charge in [-0.05, 0) is 118 Å². The lowest BCUT2D eigenvalue weighted by molar-refractivity contribution is -0.136. The Labute approximate surface area is 282 Å². The van der Waals surface area contributed by atoms with Crippen LogP contribution in [0.1, 0.15) is 36.6 Å². The van der Waals surface area contributed by atoms with Gasteiger partial charge in [0.15, 0.2) is 17.7 Å². The van der Waals surface area contributed by atoms with E-state index in [1.165, 1.54) is 10.7 Å². The van der Waals surface area contributed by atoms with E-state index in [2.05, 4.69) is 66.3 Å². The summed E-state index contributed by atoms with van der Waals surface area (Å²) in [5.74, 6) is 0.963. The highest BCUT2D eigenvalue weighted by atomic mass is 127. The van der Waals surface area contributed by atoms with E-state index in [-0.39, 0.29) is 12.2 Å². The van der Waals surface area contributed by atoms with Gasteiger partial charge >= 0.3 is 12.0 Å². The van der Waals surface area contributed by atoms with Gasteiger partial charge in [0, 0.05) is 9.27 Å². The van der Waals surface area contributed by atoms with Gasteiger partial charge in [0.25, 0.3) is 0 Å². The summed E-state index contributed by atoms with van der Waals surface area (Å²) in [6.07, 6.45) is 0.479. The lowest BCUT2D eigenvalue weighted by Crippen LogP contribution is -2.45. The fourth-order valence-corrected chi connectivity index (χ4v) is 5.33. The lowest BCUT2D eigenvalue weighted by atomic mass is 9.95. The molecule has 2 amide bonds. The molecule has 0 saturated carbocycles. The molecule has 0 aromatic heterocycles. The molecule has 0 radical (unpaired) electrons. The number of halogens is 2. The van der Waals surface area contributed by atoms with Crippen LogP contribution in [0.2, 0.25) is 0 Å². The number of ether oxygens (including phenoxy) is 4. The van der Waals surface area contributed by atoms with Crippen LogP contribution in [-0.4, -0.2) is 49.9 Å². The summed E-state index contributed by atoms with van der Waals surface area (Å²) in [5, 5.41) is 19.9. The minimum atomic E-state index is -1.11. The molecule has 2 atom stereocenters. The van der Waals surface area contributed by atoms with Gasteiger partial charge in [-0.25, -0.2) is 9.59 Å². The van der Waals surface area contributed by atoms with E-state index in [4.69, 9.17) is 18.9 Å². The maximum absolute atomic E-state index is 12.4. The number of hydrogen-bond acceptors (Lipinski definition) is 9. The summed E-state index contributed by atoms with van der Waals surface area (Å²) >= 11 is 4.49. The van der Waals surface area contributed by atoms with E-state index in [1.807, 2.05) is 49.4 Å². The summed E-state index contributed by atoms with van der Waals surface area (Å²) in [7, 11) is 1.28. The van der Waals surface area contributed by atoms with Crippen molar-refractivity contribution >= 4 is 63.4 Å². The quantitative estimate of drug-likeness (QED) is 0.0622. The first kappa shape index (κ1) is 33.3. The molecule has 0 fully saturated rings. The molecular weight excluding hydrogens is 794 g/mol. The molecule has 232 valence electrons. The zero-order chi connectivity index (χ0) is 31.6. The van der Waals surface area contributed by atoms with Gasteiger partial charge in [0.05, 0.1) is 35.1 Å². The molecule has 1 aliphatic rings. The first-order valence-corrected chi connectivity index (χ1v) is 15.7. The van der Waals surface area contributed by atoms with Crippen molar-refractivity contribution in [2.24, 2.45) is 5.10 Å². The number of esters is 1. The number of methoxy groups -OCH3 is 1. The SMILES string of the molecule is CCOc1cc([C@@H]2NC(=O)NC(C)=C2C(=O)OC)ccc1OC[C@@H](O)N/N=C\c1ccc(OCc2ccc(I)cc2)c(I)c1. The van der Waals surface area contributed by atoms with Crippen LogP contribution in [0, 0.1) is 7.14 Å². The molecule has 0 spiro atoms. The average Bonchev–Trinajstić information content (AvgIpc) is 3.00. The third kappa shape index (κ3) is 8.98. The molecule has 0 unspecified atom stereocenters. The Morgan fingerprint density at radius 3 is 2.50 bits per heavy atom. The van der Waals surface area contributed by atoms with Crippen LogP contribution in [0.15, 0.2) is 77.0 Å². The Morgan fingerprint density at radius 2 is 1.80 bits per heavy atom. The van der Waals surface area contributed by atoms with E-state index in [9.17, 15) is 14.7 Å². The number of carbonyl (C=O) groups is 2. The fraction of sp³-hybridized carbons (Fsp3) is 0.258. The van der Waals surface area contributed by atoms with Crippen molar-refractivity contribution in [3.8, 4) is 17.2 Å². The second kappa shape index (κ2) is 15.9. The second-order valence-electron chi connectivity index (χ2n) is 9.52. The molecule has 0 saturated heterocycles. The van der Waals surface area contributed by atoms with E-state index >= 15 is 0 Å². The molecule has 0 aliphatic carbocycles. The number of carbonyl (C=O) groups excluding carboxylic acids is 2. The molecule has 11 nitrogen and oxygen atoms in total. The lowest BCUT2D eigenvalue weighted by Gasteiger charge is -2.28. The van der Waals surface area contributed by atoms with Crippen LogP contribution in [0.4, 0.5) is 4.79 Å². The van der Waals surface area contributed by atoms with Gasteiger partial charge in [-0.2, -0.15) is 5.10 Å². The van der Waals surface area contributed by atoms with Crippen LogP contribution in [0.25, 0.3) is 0 Å². The van der Waals surface area contributed by atoms with E-state index in [0.29, 0.717) is 36.0 Å². The monoisotopic (exact) mass is 826 g/mol. The van der Waals surface area contributed by atoms with Crippen LogP contribution in [0.3, 0.4) is 0 Å². The molecule has 0 bridgehead atoms. The Kier molecular flexibility index (Phi) is 12.1. The first-order valence-electron chi connectivity index (χ1n) is 13.6. The fourth-order valence-electron chi connectivity index (χ4n) is 4.28. The molecule has 3 aromatic rings. The van der Waals surface area contributed by atoms with Crippen molar-refractivity contribution in [2.75, 3.05) is 20.3 Å². The van der Waals surface area contributed by atoms with Gasteiger partial charge in [-0.1, -0.05) is 18.2 Å². The predicted molar refractivity (Wildman–Crippen MR) is 182 cm³/mol. The summed E-state index contributed by atoms with van der Waals surface area (Å²) < 4.78 is 24.5. The highest BCUT2D eigenvalue weighted by Gasteiger charge is 2.32. The molecule has 1 aliphatic heterocycles. The number of nitrogens with zero attached hydrogens (tertiary/aromatic N) is 1. The zero-order valence-corrected chi connectivity index (χ0v) is 28.5. The number of aliphatic hydroxyl groups is 1. The van der Waals surface area contributed by atoms with E-state index < -0.39 is 24.3 Å². The zero-order valence-electron chi connectivity index (χ0n) is 24.2. The third-order valence-electron chi connectivity index (χ3n) is 6.37. The molecule has 4 rings (SSSR count). The summed E-state index contributed by atoms with van der Waals surface area (Å²) in [6.45, 7) is 4.14. The molecule has 44 heavy (non-hydrogen) atoms. The van der Waals surface area contributed by atoms with Gasteiger partial charge in [0.1, 0.15) is 19.0 Å². The molecule has 13 heteroatoms. The van der Waals surface area contributed by atoms with Crippen molar-refractivity contribution in [1.82, 2.24) is 16.1 Å². The predicted octanol–water partition coefficient (Wildman–Crippen LogP) is 5.00. The second-order valence-corrected chi connectivity index (χ2v) is 11.9. The highest BCUT2D eigenvalue weighted by Crippen LogP contribution is 2.35. The Morgan fingerprint density at radius 1 is 1.05 bits per heavy atom. The number of amides is 2. The normalized spacial score (nSPS) is 15.3. The van der Waals surface area contributed by atoms with Crippen LogP contribution < -0.4 is 30.3 Å². The van der Waals surface area contributed by atoms with Gasteiger partial charge in [-0.15, -0.1) is 0 Å². The molecular formula is C31H32I2N4O7. The number of allylic oxidation sites excluding steroid dienone is 1. The van der Waals surface area contributed by atoms with Crippen LogP contribution in [-0.2, 0) is 16.1 Å². The Balaban J connectivity index is 1.34. The first-order chi connectivity index (χ1) is 21.2. The number of rotatable bonds is 13. The summed E-state index contributed by atoms with van der Waals surface area (Å²) in [6, 6.07) is 17.7. The van der Waals surface area contributed by atoms with E-state index in [1.54, 1.807) is 31.3 Å². The smallest absolute Gasteiger partial charge is 0.337 e. The van der Waals surface area contributed by atoms with Gasteiger partial charge in [0.2, 0.25) is 0 Å². The van der Waals surface area contributed by atoms with Crippen LogP contribution in [0.5, 0.6) is 17.2 Å². The minimum Gasteiger partial charge on any atom is -0.490 e. The van der Waals surface area contributed by atoms with Gasteiger partial charge in [-0.3, -0.25) is 5.43 Å². The summed E-state index contributed by atoms with van der Waals surface area (Å²) in [4.78, 5) is 24.6. The van der Waals surface area contributed by atoms with Crippen molar-refractivity contribution < 1.29 is 33.6 Å². The standard InChI is InChI=1S/C31H32I2N4O7/c1-4-42-26-14-21(29-28(30(39)41-3)18(2)35-31(40)36-29)8-12-25(26)44-17-27(38)37-34-15-20-7-11-24(23(33)13-20)43-16-19-5-9-22(32)10-6-19/h5-15,27,29,37-38H,4,16-17H2,1-3H3,(H2,35,36,40)/b34-15-/t27-,29+/m1/s1. The van der Waals surface area contributed by atoms with Gasteiger partial charge < -0.3 is 34.7 Å². The number of hydrogen-bond donors (Lipinski definition) is 4. The van der Waals surface area contributed by atoms with E-state index in [0.717, 1.165) is 20.4 Å². The average molecular weight is 826 g/mol. The number of aliphatic hydroxyl groups excluding tert-OH is 1.